The van der Waals surface area contributed by atoms with Crippen molar-refractivity contribution >= 4 is 12.4 Å². The number of halogens is 4. The van der Waals surface area contributed by atoms with Gasteiger partial charge in [0.2, 0.25) is 5.82 Å². The van der Waals surface area contributed by atoms with Gasteiger partial charge in [-0.15, -0.1) is 22.6 Å². The van der Waals surface area contributed by atoms with Gasteiger partial charge in [0.05, 0.1) is 0 Å². The molecular formula is C7H10ClF3N4. The van der Waals surface area contributed by atoms with Crippen LogP contribution in [0.5, 0.6) is 0 Å². The molecule has 2 rings (SSSR count). The molecule has 8 heteroatoms. The summed E-state index contributed by atoms with van der Waals surface area (Å²) in [5.74, 6) is -0.487. The summed E-state index contributed by atoms with van der Waals surface area (Å²) in [5, 5.41) is 9.71. The molecule has 1 aromatic heterocycles. The average molecular weight is 243 g/mol. The van der Waals surface area contributed by atoms with E-state index in [2.05, 4.69) is 15.5 Å². The summed E-state index contributed by atoms with van der Waals surface area (Å²) in [6, 6.07) is 0. The number of fused-ring (bicyclic) bond motifs is 1. The van der Waals surface area contributed by atoms with E-state index in [9.17, 15) is 13.2 Å². The van der Waals surface area contributed by atoms with Gasteiger partial charge in [0, 0.05) is 26.1 Å². The zero-order chi connectivity index (χ0) is 10.2. The van der Waals surface area contributed by atoms with Gasteiger partial charge >= 0.3 is 6.18 Å². The summed E-state index contributed by atoms with van der Waals surface area (Å²) in [6.45, 7) is 1.45. The van der Waals surface area contributed by atoms with Crippen molar-refractivity contribution in [1.29, 1.82) is 0 Å². The molecule has 2 heterocycles. The van der Waals surface area contributed by atoms with Crippen molar-refractivity contribution in [2.45, 2.75) is 19.1 Å². The molecule has 0 atom stereocenters. The molecular weight excluding hydrogens is 233 g/mol. The van der Waals surface area contributed by atoms with E-state index in [0.717, 1.165) is 4.57 Å². The lowest BCUT2D eigenvalue weighted by Gasteiger charge is -2.08. The lowest BCUT2D eigenvalue weighted by atomic mass is 10.4. The van der Waals surface area contributed by atoms with Crippen molar-refractivity contribution in [2.24, 2.45) is 0 Å². The summed E-state index contributed by atoms with van der Waals surface area (Å²) in [7, 11) is 0. The zero-order valence-electron chi connectivity index (χ0n) is 7.71. The maximum absolute atomic E-state index is 12.4. The maximum atomic E-state index is 12.4. The van der Waals surface area contributed by atoms with Crippen LogP contribution < -0.4 is 5.32 Å². The van der Waals surface area contributed by atoms with Gasteiger partial charge < -0.3 is 9.88 Å². The molecule has 0 saturated heterocycles. The fourth-order valence-electron chi connectivity index (χ4n) is 1.48. The van der Waals surface area contributed by atoms with Gasteiger partial charge in [-0.2, -0.15) is 13.2 Å². The van der Waals surface area contributed by atoms with Crippen LogP contribution in [0.25, 0.3) is 0 Å². The summed E-state index contributed by atoms with van der Waals surface area (Å²) in [6.07, 6.45) is -3.92. The zero-order valence-corrected chi connectivity index (χ0v) is 8.53. The number of nitrogens with one attached hydrogen (secondary N) is 1. The Labute approximate surface area is 90.3 Å². The molecule has 0 spiro atoms. The monoisotopic (exact) mass is 242 g/mol. The quantitative estimate of drug-likeness (QED) is 0.734. The Morgan fingerprint density at radius 3 is 2.60 bits per heavy atom. The minimum Gasteiger partial charge on any atom is -0.315 e. The second-order valence-corrected chi connectivity index (χ2v) is 3.09. The highest BCUT2D eigenvalue weighted by Gasteiger charge is 2.38. The van der Waals surface area contributed by atoms with E-state index in [1.807, 2.05) is 0 Å². The number of hydrogen-bond donors (Lipinski definition) is 1. The van der Waals surface area contributed by atoms with Crippen LogP contribution in [0.3, 0.4) is 0 Å². The van der Waals surface area contributed by atoms with Crippen molar-refractivity contribution in [1.82, 2.24) is 20.1 Å². The molecule has 1 aliphatic heterocycles. The fourth-order valence-corrected chi connectivity index (χ4v) is 1.48. The van der Waals surface area contributed by atoms with Crippen LogP contribution in [0, 0.1) is 0 Å². The smallest absolute Gasteiger partial charge is 0.315 e. The van der Waals surface area contributed by atoms with E-state index in [4.69, 9.17) is 0 Å². The van der Waals surface area contributed by atoms with Gasteiger partial charge in [0.1, 0.15) is 5.82 Å². The standard InChI is InChI=1S/C7H9F3N4.ClH/c8-7(9,10)6-13-12-5-1-2-11-3-4-14(5)6;/h11H,1-4H2;1H. The highest BCUT2D eigenvalue weighted by atomic mass is 35.5. The first-order valence-corrected chi connectivity index (χ1v) is 4.29. The topological polar surface area (TPSA) is 42.7 Å². The summed E-state index contributed by atoms with van der Waals surface area (Å²) in [5.41, 5.74) is 0. The molecule has 15 heavy (non-hydrogen) atoms. The van der Waals surface area contributed by atoms with Gasteiger partial charge in [-0.3, -0.25) is 0 Å². The van der Waals surface area contributed by atoms with Crippen molar-refractivity contribution < 1.29 is 13.2 Å². The number of rotatable bonds is 0. The van der Waals surface area contributed by atoms with Crippen LogP contribution in [-0.2, 0) is 19.1 Å². The molecule has 0 unspecified atom stereocenters. The third-order valence-corrected chi connectivity index (χ3v) is 2.12. The maximum Gasteiger partial charge on any atom is 0.451 e. The van der Waals surface area contributed by atoms with E-state index in [1.165, 1.54) is 0 Å². The van der Waals surface area contributed by atoms with Crippen LogP contribution in [0.2, 0.25) is 0 Å². The van der Waals surface area contributed by atoms with Gasteiger partial charge in [-0.1, -0.05) is 0 Å². The molecule has 0 saturated carbocycles. The first-order chi connectivity index (χ1) is 6.59. The Hall–Kier alpha value is -0.820. The Kier molecular flexibility index (Phi) is 3.56. The van der Waals surface area contributed by atoms with Crippen molar-refractivity contribution in [3.05, 3.63) is 11.6 Å². The molecule has 1 aliphatic rings. The summed E-state index contributed by atoms with van der Waals surface area (Å²) < 4.78 is 38.3. The van der Waals surface area contributed by atoms with Crippen LogP contribution in [0.4, 0.5) is 13.2 Å². The average Bonchev–Trinajstić information content (AvgIpc) is 2.36. The Morgan fingerprint density at radius 1 is 1.20 bits per heavy atom. The number of aromatic nitrogens is 3. The SMILES string of the molecule is Cl.FC(F)(F)c1nnc2n1CCNCC2. The Morgan fingerprint density at radius 2 is 1.93 bits per heavy atom. The van der Waals surface area contributed by atoms with Gasteiger partial charge in [-0.25, -0.2) is 0 Å². The molecule has 0 bridgehead atoms. The van der Waals surface area contributed by atoms with E-state index >= 15 is 0 Å². The summed E-state index contributed by atoms with van der Waals surface area (Å²) in [4.78, 5) is 0. The second-order valence-electron chi connectivity index (χ2n) is 3.09. The minimum atomic E-state index is -4.41. The second kappa shape index (κ2) is 4.36. The molecule has 0 aliphatic carbocycles. The third kappa shape index (κ3) is 2.40. The Balaban J connectivity index is 0.00000112. The fraction of sp³-hybridized carbons (Fsp3) is 0.714. The number of nitrogens with zero attached hydrogens (tertiary/aromatic N) is 3. The third-order valence-electron chi connectivity index (χ3n) is 2.12. The lowest BCUT2D eigenvalue weighted by molar-refractivity contribution is -0.147. The first kappa shape index (κ1) is 12.3. The van der Waals surface area contributed by atoms with Crippen LogP contribution in [0.1, 0.15) is 11.6 Å². The molecule has 0 radical (unpaired) electrons. The van der Waals surface area contributed by atoms with Crippen molar-refractivity contribution in [2.75, 3.05) is 13.1 Å². The lowest BCUT2D eigenvalue weighted by Crippen LogP contribution is -2.20. The largest absolute Gasteiger partial charge is 0.451 e. The van der Waals surface area contributed by atoms with Crippen LogP contribution in [-0.4, -0.2) is 27.9 Å². The highest BCUT2D eigenvalue weighted by Crippen LogP contribution is 2.28. The molecule has 4 nitrogen and oxygen atoms in total. The van der Waals surface area contributed by atoms with Gasteiger partial charge in [-0.05, 0) is 0 Å². The molecule has 0 aromatic carbocycles. The molecule has 86 valence electrons. The number of alkyl halides is 3. The van der Waals surface area contributed by atoms with Crippen LogP contribution in [0.15, 0.2) is 0 Å². The Bertz CT molecular complexity index is 335. The molecule has 1 aromatic rings. The van der Waals surface area contributed by atoms with E-state index in [-0.39, 0.29) is 19.0 Å². The van der Waals surface area contributed by atoms with Gasteiger partial charge in [0.15, 0.2) is 0 Å². The molecule has 0 fully saturated rings. The predicted octanol–water partition coefficient (Wildman–Crippen LogP) is 0.864. The van der Waals surface area contributed by atoms with Crippen molar-refractivity contribution in [3.8, 4) is 0 Å². The van der Waals surface area contributed by atoms with E-state index in [0.29, 0.717) is 25.3 Å². The first-order valence-electron chi connectivity index (χ1n) is 4.29. The predicted molar refractivity (Wildman–Crippen MR) is 48.8 cm³/mol. The van der Waals surface area contributed by atoms with Crippen LogP contribution >= 0.6 is 12.4 Å². The normalized spacial score (nSPS) is 16.5. The molecule has 1 N–H and O–H groups in total. The molecule has 0 amide bonds. The summed E-state index contributed by atoms with van der Waals surface area (Å²) >= 11 is 0. The van der Waals surface area contributed by atoms with Gasteiger partial charge in [0.25, 0.3) is 0 Å². The minimum absolute atomic E-state index is 0. The highest BCUT2D eigenvalue weighted by molar-refractivity contribution is 5.85. The van der Waals surface area contributed by atoms with E-state index < -0.39 is 12.0 Å². The van der Waals surface area contributed by atoms with Crippen molar-refractivity contribution in [3.63, 3.8) is 0 Å². The number of hydrogen-bond acceptors (Lipinski definition) is 3. The van der Waals surface area contributed by atoms with E-state index in [1.54, 1.807) is 0 Å².